The predicted octanol–water partition coefficient (Wildman–Crippen LogP) is 2.27. The van der Waals surface area contributed by atoms with Crippen LogP contribution in [0.1, 0.15) is 26.2 Å². The van der Waals surface area contributed by atoms with Gasteiger partial charge in [-0.2, -0.15) is 12.6 Å². The first-order valence-electron chi connectivity index (χ1n) is 3.02. The van der Waals surface area contributed by atoms with Crippen LogP contribution in [-0.4, -0.2) is 5.25 Å². The summed E-state index contributed by atoms with van der Waals surface area (Å²) in [5.74, 6) is 0.948. The smallest absolute Gasteiger partial charge is 0.00450 e. The Balaban J connectivity index is 0.000000490. The van der Waals surface area contributed by atoms with Gasteiger partial charge < -0.3 is 6.15 Å². The number of thiol groups is 1. The Bertz CT molecular complexity index is 63.5. The lowest BCUT2D eigenvalue weighted by Gasteiger charge is -2.31. The molecule has 0 aliphatic heterocycles. The molecule has 0 bridgehead atoms. The molecule has 0 aromatic heterocycles. The van der Waals surface area contributed by atoms with E-state index in [9.17, 15) is 0 Å². The molecule has 50 valence electrons. The van der Waals surface area contributed by atoms with E-state index in [1.54, 1.807) is 0 Å². The zero-order chi connectivity index (χ0) is 5.28. The lowest BCUT2D eigenvalue weighted by molar-refractivity contribution is 0.324. The van der Waals surface area contributed by atoms with Crippen molar-refractivity contribution in [3.05, 3.63) is 0 Å². The second kappa shape index (κ2) is 3.36. The van der Waals surface area contributed by atoms with Crippen LogP contribution in [0.2, 0.25) is 0 Å². The Morgan fingerprint density at radius 1 is 1.50 bits per heavy atom. The Morgan fingerprint density at radius 3 is 2.12 bits per heavy atom. The zero-order valence-electron chi connectivity index (χ0n) is 5.43. The molecule has 1 aliphatic rings. The van der Waals surface area contributed by atoms with E-state index in [1.807, 2.05) is 0 Å². The maximum absolute atomic E-state index is 4.36. The van der Waals surface area contributed by atoms with Crippen LogP contribution >= 0.6 is 12.6 Å². The molecule has 8 heavy (non-hydrogen) atoms. The third-order valence-electron chi connectivity index (χ3n) is 1.90. The quantitative estimate of drug-likeness (QED) is 0.529. The fourth-order valence-electron chi connectivity index (χ4n) is 1.03. The van der Waals surface area contributed by atoms with Gasteiger partial charge in [0.1, 0.15) is 0 Å². The van der Waals surface area contributed by atoms with E-state index >= 15 is 0 Å². The van der Waals surface area contributed by atoms with Gasteiger partial charge in [0, 0.05) is 5.25 Å². The van der Waals surface area contributed by atoms with Crippen LogP contribution in [0.3, 0.4) is 0 Å². The molecule has 2 atom stereocenters. The summed E-state index contributed by atoms with van der Waals surface area (Å²) in [4.78, 5) is 0. The van der Waals surface area contributed by atoms with E-state index in [4.69, 9.17) is 0 Å². The van der Waals surface area contributed by atoms with Crippen molar-refractivity contribution in [2.45, 2.75) is 31.4 Å². The van der Waals surface area contributed by atoms with Gasteiger partial charge in [-0.3, -0.25) is 0 Å². The largest absolute Gasteiger partial charge is 0.344 e. The normalized spacial score (nSPS) is 35.2. The molecule has 1 fully saturated rings. The highest BCUT2D eigenvalue weighted by atomic mass is 32.1. The predicted molar refractivity (Wildman–Crippen MR) is 40.8 cm³/mol. The molecule has 3 N–H and O–H groups in total. The molecule has 0 aromatic rings. The van der Waals surface area contributed by atoms with Gasteiger partial charge >= 0.3 is 0 Å². The lowest BCUT2D eigenvalue weighted by atomic mass is 9.83. The molecule has 2 unspecified atom stereocenters. The highest BCUT2D eigenvalue weighted by molar-refractivity contribution is 7.81. The molecular formula is C6H15NS. The SMILES string of the molecule is CCC1CCC1S.N. The van der Waals surface area contributed by atoms with E-state index < -0.39 is 0 Å². The fourth-order valence-corrected chi connectivity index (χ4v) is 1.54. The monoisotopic (exact) mass is 133 g/mol. The number of hydrogen-bond acceptors (Lipinski definition) is 2. The molecule has 0 aromatic carbocycles. The summed E-state index contributed by atoms with van der Waals surface area (Å²) >= 11 is 4.36. The van der Waals surface area contributed by atoms with Crippen LogP contribution in [0.4, 0.5) is 0 Å². The van der Waals surface area contributed by atoms with Gasteiger partial charge in [0.15, 0.2) is 0 Å². The summed E-state index contributed by atoms with van der Waals surface area (Å²) in [5, 5.41) is 0.741. The summed E-state index contributed by atoms with van der Waals surface area (Å²) in [6.07, 6.45) is 4.10. The molecule has 0 spiro atoms. The molecule has 2 heteroatoms. The first-order valence-corrected chi connectivity index (χ1v) is 3.54. The summed E-state index contributed by atoms with van der Waals surface area (Å²) in [5.41, 5.74) is 0. The molecule has 1 saturated carbocycles. The van der Waals surface area contributed by atoms with E-state index in [0.29, 0.717) is 0 Å². The van der Waals surface area contributed by atoms with Crippen molar-refractivity contribution in [1.29, 1.82) is 0 Å². The number of rotatable bonds is 1. The molecule has 0 amide bonds. The van der Waals surface area contributed by atoms with Crippen LogP contribution in [0.5, 0.6) is 0 Å². The standard InChI is InChI=1S/C6H12S.H3N/c1-2-5-3-4-6(5)7;/h5-7H,2-4H2,1H3;1H3. The topological polar surface area (TPSA) is 35.0 Å². The summed E-state index contributed by atoms with van der Waals surface area (Å²) in [7, 11) is 0. The second-order valence-electron chi connectivity index (χ2n) is 2.31. The second-order valence-corrected chi connectivity index (χ2v) is 2.98. The summed E-state index contributed by atoms with van der Waals surface area (Å²) in [6, 6.07) is 0. The summed E-state index contributed by atoms with van der Waals surface area (Å²) < 4.78 is 0. The van der Waals surface area contributed by atoms with Crippen molar-refractivity contribution in [3.8, 4) is 0 Å². The third-order valence-corrected chi connectivity index (χ3v) is 2.58. The Morgan fingerprint density at radius 2 is 2.12 bits per heavy atom. The van der Waals surface area contributed by atoms with Crippen molar-refractivity contribution in [3.63, 3.8) is 0 Å². The fraction of sp³-hybridized carbons (Fsp3) is 1.00. The molecule has 1 nitrogen and oxygen atoms in total. The lowest BCUT2D eigenvalue weighted by Crippen LogP contribution is -2.25. The minimum atomic E-state index is 0. The Kier molecular flexibility index (Phi) is 3.49. The number of hydrogen-bond donors (Lipinski definition) is 2. The molecular weight excluding hydrogens is 118 g/mol. The van der Waals surface area contributed by atoms with Crippen LogP contribution in [-0.2, 0) is 0 Å². The van der Waals surface area contributed by atoms with Crippen molar-refractivity contribution in [2.24, 2.45) is 5.92 Å². The van der Waals surface area contributed by atoms with Crippen molar-refractivity contribution in [1.82, 2.24) is 6.15 Å². The highest BCUT2D eigenvalue weighted by Gasteiger charge is 2.24. The Labute approximate surface area is 56.8 Å². The molecule has 0 saturated heterocycles. The van der Waals surface area contributed by atoms with Crippen molar-refractivity contribution >= 4 is 12.6 Å². The van der Waals surface area contributed by atoms with Crippen LogP contribution in [0.25, 0.3) is 0 Å². The Hall–Kier alpha value is 0.310. The van der Waals surface area contributed by atoms with Gasteiger partial charge in [0.2, 0.25) is 0 Å². The first-order chi connectivity index (χ1) is 3.34. The van der Waals surface area contributed by atoms with Crippen LogP contribution in [0.15, 0.2) is 0 Å². The average molecular weight is 133 g/mol. The average Bonchev–Trinajstić information content (AvgIpc) is 1.65. The third kappa shape index (κ3) is 1.39. The van der Waals surface area contributed by atoms with E-state index in [1.165, 1.54) is 19.3 Å². The van der Waals surface area contributed by atoms with E-state index in [0.717, 1.165) is 11.2 Å². The molecule has 0 radical (unpaired) electrons. The van der Waals surface area contributed by atoms with Crippen molar-refractivity contribution < 1.29 is 0 Å². The van der Waals surface area contributed by atoms with Crippen LogP contribution < -0.4 is 6.15 Å². The highest BCUT2D eigenvalue weighted by Crippen LogP contribution is 2.33. The zero-order valence-corrected chi connectivity index (χ0v) is 6.32. The minimum Gasteiger partial charge on any atom is -0.344 e. The summed E-state index contributed by atoms with van der Waals surface area (Å²) in [6.45, 7) is 2.24. The molecule has 1 aliphatic carbocycles. The van der Waals surface area contributed by atoms with Crippen LogP contribution in [0, 0.1) is 5.92 Å². The van der Waals surface area contributed by atoms with Crippen molar-refractivity contribution in [2.75, 3.05) is 0 Å². The van der Waals surface area contributed by atoms with Gasteiger partial charge in [0.05, 0.1) is 0 Å². The van der Waals surface area contributed by atoms with Gasteiger partial charge in [-0.1, -0.05) is 13.3 Å². The maximum atomic E-state index is 4.36. The first kappa shape index (κ1) is 8.31. The maximum Gasteiger partial charge on any atom is 0.00450 e. The van der Waals surface area contributed by atoms with Gasteiger partial charge in [-0.25, -0.2) is 0 Å². The van der Waals surface area contributed by atoms with Gasteiger partial charge in [-0.15, -0.1) is 0 Å². The van der Waals surface area contributed by atoms with Gasteiger partial charge in [0.25, 0.3) is 0 Å². The molecule has 0 heterocycles. The van der Waals surface area contributed by atoms with E-state index in [-0.39, 0.29) is 6.15 Å². The van der Waals surface area contributed by atoms with E-state index in [2.05, 4.69) is 19.6 Å². The minimum absolute atomic E-state index is 0. The van der Waals surface area contributed by atoms with Gasteiger partial charge in [-0.05, 0) is 18.8 Å². The molecule has 1 rings (SSSR count).